The van der Waals surface area contributed by atoms with Crippen molar-refractivity contribution in [3.63, 3.8) is 0 Å². The molecule has 2 aromatic rings. The quantitative estimate of drug-likeness (QED) is 0.892. The van der Waals surface area contributed by atoms with Gasteiger partial charge in [-0.2, -0.15) is 0 Å². The fraction of sp³-hybridized carbons (Fsp3) is 0.438. The first-order valence-electron chi connectivity index (χ1n) is 6.83. The lowest BCUT2D eigenvalue weighted by Gasteiger charge is -2.06. The second kappa shape index (κ2) is 5.08. The summed E-state index contributed by atoms with van der Waals surface area (Å²) in [5.74, 6) is 0.295. The molecule has 1 N–H and O–H groups in total. The average molecular weight is 258 g/mol. The lowest BCUT2D eigenvalue weighted by atomic mass is 9.99. The van der Waals surface area contributed by atoms with Gasteiger partial charge in [0.2, 0.25) is 0 Å². The zero-order chi connectivity index (χ0) is 14.2. The lowest BCUT2D eigenvalue weighted by molar-refractivity contribution is 0.509. The molecular formula is C16H22N2O. The van der Waals surface area contributed by atoms with Crippen LogP contribution >= 0.6 is 0 Å². The predicted octanol–water partition coefficient (Wildman–Crippen LogP) is 3.86. The van der Waals surface area contributed by atoms with E-state index in [9.17, 15) is 4.79 Å². The van der Waals surface area contributed by atoms with Crippen LogP contribution in [-0.2, 0) is 0 Å². The molecule has 2 rings (SSSR count). The summed E-state index contributed by atoms with van der Waals surface area (Å²) in [6.45, 7) is 10.3. The molecule has 0 amide bonds. The van der Waals surface area contributed by atoms with E-state index in [2.05, 4.69) is 25.9 Å². The van der Waals surface area contributed by atoms with Gasteiger partial charge in [0.15, 0.2) is 0 Å². The number of hydrogen-bond donors (Lipinski definition) is 1. The molecule has 1 aromatic carbocycles. The fourth-order valence-corrected chi connectivity index (χ4v) is 2.25. The molecule has 0 bridgehead atoms. The van der Waals surface area contributed by atoms with Gasteiger partial charge in [0.1, 0.15) is 0 Å². The Bertz CT molecular complexity index is 615. The summed E-state index contributed by atoms with van der Waals surface area (Å²) in [6.07, 6.45) is 0. The van der Waals surface area contributed by atoms with E-state index in [1.54, 1.807) is 4.68 Å². The number of hydrogen-bond acceptors (Lipinski definition) is 1. The number of aromatic nitrogens is 2. The summed E-state index contributed by atoms with van der Waals surface area (Å²) in [4.78, 5) is 12.6. The van der Waals surface area contributed by atoms with Crippen LogP contribution in [-0.4, -0.2) is 9.78 Å². The summed E-state index contributed by atoms with van der Waals surface area (Å²) in [6, 6.07) is 8.29. The van der Waals surface area contributed by atoms with Crippen molar-refractivity contribution in [2.75, 3.05) is 0 Å². The molecule has 1 aromatic heterocycles. The van der Waals surface area contributed by atoms with E-state index in [1.807, 2.05) is 38.1 Å². The number of H-pyrrole nitrogens is 1. The topological polar surface area (TPSA) is 37.8 Å². The first-order valence-corrected chi connectivity index (χ1v) is 6.83. The van der Waals surface area contributed by atoms with Crippen LogP contribution in [0.2, 0.25) is 0 Å². The van der Waals surface area contributed by atoms with Crippen LogP contribution in [0.1, 0.15) is 50.9 Å². The number of nitrogens with one attached hydrogen (secondary N) is 1. The maximum atomic E-state index is 12.6. The van der Waals surface area contributed by atoms with Gasteiger partial charge in [-0.1, -0.05) is 43.7 Å². The molecular weight excluding hydrogens is 236 g/mol. The van der Waals surface area contributed by atoms with Gasteiger partial charge in [-0.25, -0.2) is 4.68 Å². The molecule has 19 heavy (non-hydrogen) atoms. The Balaban J connectivity index is 2.67. The highest BCUT2D eigenvalue weighted by molar-refractivity contribution is 5.66. The molecule has 0 saturated heterocycles. The molecule has 0 saturated carbocycles. The molecule has 0 aliphatic rings. The summed E-state index contributed by atoms with van der Waals surface area (Å²) < 4.78 is 1.71. The maximum absolute atomic E-state index is 12.6. The molecule has 0 spiro atoms. The minimum absolute atomic E-state index is 0.0718. The lowest BCUT2D eigenvalue weighted by Crippen LogP contribution is -2.19. The summed E-state index contributed by atoms with van der Waals surface area (Å²) in [5.41, 5.74) is 4.10. The van der Waals surface area contributed by atoms with Crippen molar-refractivity contribution in [1.82, 2.24) is 9.78 Å². The molecule has 3 nitrogen and oxygen atoms in total. The van der Waals surface area contributed by atoms with Gasteiger partial charge in [0.05, 0.1) is 5.56 Å². The minimum atomic E-state index is 0.0718. The van der Waals surface area contributed by atoms with Gasteiger partial charge in [0.25, 0.3) is 5.56 Å². The molecule has 0 aliphatic heterocycles. The average Bonchev–Trinajstić information content (AvgIpc) is 2.68. The number of rotatable bonds is 3. The molecule has 102 valence electrons. The van der Waals surface area contributed by atoms with Crippen LogP contribution in [0.4, 0.5) is 0 Å². The summed E-state index contributed by atoms with van der Waals surface area (Å²) in [5, 5.41) is 3.27. The van der Waals surface area contributed by atoms with E-state index in [0.717, 1.165) is 16.8 Å². The van der Waals surface area contributed by atoms with E-state index in [-0.39, 0.29) is 11.6 Å². The largest absolute Gasteiger partial charge is 0.299 e. The first-order chi connectivity index (χ1) is 8.91. The van der Waals surface area contributed by atoms with Crippen molar-refractivity contribution < 1.29 is 0 Å². The number of aryl methyl sites for hydroxylation is 1. The third kappa shape index (κ3) is 2.50. The normalized spacial score (nSPS) is 11.5. The second-order valence-electron chi connectivity index (χ2n) is 5.69. The monoisotopic (exact) mass is 258 g/mol. The van der Waals surface area contributed by atoms with E-state index in [4.69, 9.17) is 0 Å². The van der Waals surface area contributed by atoms with Crippen LogP contribution in [0.25, 0.3) is 11.1 Å². The molecule has 1 heterocycles. The second-order valence-corrected chi connectivity index (χ2v) is 5.69. The van der Waals surface area contributed by atoms with Crippen molar-refractivity contribution >= 4 is 0 Å². The highest BCUT2D eigenvalue weighted by Crippen LogP contribution is 2.26. The molecule has 0 aliphatic carbocycles. The van der Waals surface area contributed by atoms with E-state index in [1.165, 1.54) is 5.56 Å². The standard InChI is InChI=1S/C16H22N2O/c1-10(2)15-14(13-8-6-12(5)7-9-13)16(19)18(17-15)11(3)4/h6-11,17H,1-5H3. The third-order valence-electron chi connectivity index (χ3n) is 3.38. The zero-order valence-corrected chi connectivity index (χ0v) is 12.3. The molecule has 3 heteroatoms. The number of aromatic amines is 1. The Morgan fingerprint density at radius 2 is 1.63 bits per heavy atom. The SMILES string of the molecule is Cc1ccc(-c2c(C(C)C)[nH]n(C(C)C)c2=O)cc1. The third-order valence-corrected chi connectivity index (χ3v) is 3.38. The summed E-state index contributed by atoms with van der Waals surface area (Å²) >= 11 is 0. The highest BCUT2D eigenvalue weighted by Gasteiger charge is 2.19. The maximum Gasteiger partial charge on any atom is 0.274 e. The van der Waals surface area contributed by atoms with Crippen molar-refractivity contribution in [2.24, 2.45) is 0 Å². The fourth-order valence-electron chi connectivity index (χ4n) is 2.25. The smallest absolute Gasteiger partial charge is 0.274 e. The van der Waals surface area contributed by atoms with Crippen LogP contribution in [0.5, 0.6) is 0 Å². The van der Waals surface area contributed by atoms with Crippen LogP contribution < -0.4 is 5.56 Å². The van der Waals surface area contributed by atoms with Crippen molar-refractivity contribution in [2.45, 2.75) is 46.6 Å². The Labute approximate surface area is 114 Å². The van der Waals surface area contributed by atoms with Crippen LogP contribution in [0.15, 0.2) is 29.1 Å². The van der Waals surface area contributed by atoms with E-state index in [0.29, 0.717) is 5.92 Å². The van der Waals surface area contributed by atoms with Crippen LogP contribution in [0, 0.1) is 6.92 Å². The molecule has 0 radical (unpaired) electrons. The minimum Gasteiger partial charge on any atom is -0.299 e. The van der Waals surface area contributed by atoms with Gasteiger partial charge in [0, 0.05) is 11.7 Å². The van der Waals surface area contributed by atoms with Crippen molar-refractivity contribution in [3.05, 3.63) is 45.9 Å². The van der Waals surface area contributed by atoms with E-state index >= 15 is 0 Å². The summed E-state index contributed by atoms with van der Waals surface area (Å²) in [7, 11) is 0. The van der Waals surface area contributed by atoms with Crippen molar-refractivity contribution in [1.29, 1.82) is 0 Å². The zero-order valence-electron chi connectivity index (χ0n) is 12.3. The Morgan fingerprint density at radius 1 is 1.05 bits per heavy atom. The molecule has 0 fully saturated rings. The van der Waals surface area contributed by atoms with Gasteiger partial charge < -0.3 is 0 Å². The Kier molecular flexibility index (Phi) is 3.65. The van der Waals surface area contributed by atoms with Gasteiger partial charge in [-0.15, -0.1) is 0 Å². The predicted molar refractivity (Wildman–Crippen MR) is 79.7 cm³/mol. The van der Waals surface area contributed by atoms with Gasteiger partial charge >= 0.3 is 0 Å². The Morgan fingerprint density at radius 3 is 2.11 bits per heavy atom. The van der Waals surface area contributed by atoms with E-state index < -0.39 is 0 Å². The van der Waals surface area contributed by atoms with Crippen LogP contribution in [0.3, 0.4) is 0 Å². The van der Waals surface area contributed by atoms with Crippen molar-refractivity contribution in [3.8, 4) is 11.1 Å². The van der Waals surface area contributed by atoms with Gasteiger partial charge in [-0.3, -0.25) is 9.89 Å². The molecule has 0 atom stereocenters. The number of benzene rings is 1. The first kappa shape index (κ1) is 13.7. The molecule has 0 unspecified atom stereocenters. The van der Waals surface area contributed by atoms with Gasteiger partial charge in [-0.05, 0) is 32.3 Å². The highest BCUT2D eigenvalue weighted by atomic mass is 16.1. The number of nitrogens with zero attached hydrogens (tertiary/aromatic N) is 1. The Hall–Kier alpha value is -1.77.